The first-order valence-electron chi connectivity index (χ1n) is 5.53. The van der Waals surface area contributed by atoms with Crippen LogP contribution in [-0.4, -0.2) is 52.7 Å². The van der Waals surface area contributed by atoms with Crippen molar-refractivity contribution in [3.63, 3.8) is 0 Å². The van der Waals surface area contributed by atoms with Crippen LogP contribution in [0.3, 0.4) is 0 Å². The molecule has 4 N–H and O–H groups in total. The second kappa shape index (κ2) is 5.62. The molecule has 1 aromatic rings. The molecule has 1 heterocycles. The third kappa shape index (κ3) is 4.03. The fourth-order valence-corrected chi connectivity index (χ4v) is 1.43. The van der Waals surface area contributed by atoms with Crippen molar-refractivity contribution in [3.8, 4) is 0 Å². The number of nitrogens with zero attached hydrogens (tertiary/aromatic N) is 3. The molecule has 17 heavy (non-hydrogen) atoms. The summed E-state index contributed by atoms with van der Waals surface area (Å²) < 4.78 is 0. The van der Waals surface area contributed by atoms with Gasteiger partial charge in [0.15, 0.2) is 0 Å². The van der Waals surface area contributed by atoms with E-state index in [1.807, 2.05) is 19.0 Å². The van der Waals surface area contributed by atoms with Gasteiger partial charge in [0.05, 0.1) is 0 Å². The molecule has 1 amide bonds. The number of aromatic amines is 1. The maximum atomic E-state index is 11.8. The van der Waals surface area contributed by atoms with Crippen LogP contribution in [0.2, 0.25) is 0 Å². The Morgan fingerprint density at radius 2 is 2.18 bits per heavy atom. The molecule has 1 unspecified atom stereocenters. The monoisotopic (exact) mass is 240 g/mol. The molecule has 0 aliphatic rings. The van der Waals surface area contributed by atoms with Gasteiger partial charge in [-0.3, -0.25) is 9.89 Å². The van der Waals surface area contributed by atoms with E-state index in [-0.39, 0.29) is 23.7 Å². The van der Waals surface area contributed by atoms with Crippen LogP contribution in [0.25, 0.3) is 0 Å². The lowest BCUT2D eigenvalue weighted by atomic mass is 10.0. The smallest absolute Gasteiger partial charge is 0.288 e. The number of rotatable bonds is 5. The van der Waals surface area contributed by atoms with Crippen LogP contribution in [-0.2, 0) is 0 Å². The first-order chi connectivity index (χ1) is 7.90. The number of hydrogen-bond acceptors (Lipinski definition) is 5. The molecule has 1 rings (SSSR count). The average Bonchev–Trinajstić information content (AvgIpc) is 2.63. The molecule has 0 aliphatic carbocycles. The molecule has 7 nitrogen and oxygen atoms in total. The van der Waals surface area contributed by atoms with Crippen LogP contribution < -0.4 is 11.1 Å². The summed E-state index contributed by atoms with van der Waals surface area (Å²) in [5, 5.41) is 9.02. The van der Waals surface area contributed by atoms with E-state index in [1.54, 1.807) is 0 Å². The van der Waals surface area contributed by atoms with Crippen molar-refractivity contribution >= 4 is 11.9 Å². The molecule has 0 fully saturated rings. The third-order valence-electron chi connectivity index (χ3n) is 2.40. The molecule has 0 saturated carbocycles. The normalized spacial score (nSPS) is 13.1. The van der Waals surface area contributed by atoms with Crippen LogP contribution >= 0.6 is 0 Å². The Hall–Kier alpha value is -1.63. The van der Waals surface area contributed by atoms with Gasteiger partial charge in [-0.25, -0.2) is 0 Å². The first-order valence-corrected chi connectivity index (χ1v) is 5.53. The van der Waals surface area contributed by atoms with Gasteiger partial charge in [0.25, 0.3) is 5.91 Å². The number of amides is 1. The van der Waals surface area contributed by atoms with Crippen LogP contribution in [0, 0.1) is 5.92 Å². The fourth-order valence-electron chi connectivity index (χ4n) is 1.43. The Morgan fingerprint density at radius 1 is 1.53 bits per heavy atom. The average molecular weight is 240 g/mol. The van der Waals surface area contributed by atoms with Crippen LogP contribution in [0.1, 0.15) is 24.5 Å². The number of nitrogens with one attached hydrogen (secondary N) is 2. The molecular formula is C10H20N6O. The predicted octanol–water partition coefficient (Wildman–Crippen LogP) is -0.297. The topological polar surface area (TPSA) is 99.9 Å². The van der Waals surface area contributed by atoms with E-state index in [9.17, 15) is 4.79 Å². The Bertz CT molecular complexity index is 373. The summed E-state index contributed by atoms with van der Waals surface area (Å²) in [4.78, 5) is 17.7. The standard InChI is InChI=1S/C10H20N6O/c1-6(2)7(5-16(3)4)12-9(17)8-13-10(11)15-14-8/h6-7H,5H2,1-4H3,(H,12,17)(H3,11,13,14,15). The van der Waals surface area contributed by atoms with Crippen molar-refractivity contribution in [3.05, 3.63) is 5.82 Å². The lowest BCUT2D eigenvalue weighted by molar-refractivity contribution is 0.0906. The fraction of sp³-hybridized carbons (Fsp3) is 0.700. The van der Waals surface area contributed by atoms with Gasteiger partial charge in [-0.05, 0) is 20.0 Å². The van der Waals surface area contributed by atoms with Crippen molar-refractivity contribution in [1.29, 1.82) is 0 Å². The number of aromatic nitrogens is 3. The van der Waals surface area contributed by atoms with E-state index < -0.39 is 0 Å². The van der Waals surface area contributed by atoms with Gasteiger partial charge in [-0.1, -0.05) is 13.8 Å². The van der Waals surface area contributed by atoms with E-state index in [4.69, 9.17) is 5.73 Å². The van der Waals surface area contributed by atoms with E-state index in [2.05, 4.69) is 34.3 Å². The predicted molar refractivity (Wildman–Crippen MR) is 65.4 cm³/mol. The Morgan fingerprint density at radius 3 is 2.59 bits per heavy atom. The van der Waals surface area contributed by atoms with Gasteiger partial charge >= 0.3 is 0 Å². The van der Waals surface area contributed by atoms with Crippen molar-refractivity contribution in [1.82, 2.24) is 25.4 Å². The highest BCUT2D eigenvalue weighted by Gasteiger charge is 2.19. The molecular weight excluding hydrogens is 220 g/mol. The summed E-state index contributed by atoms with van der Waals surface area (Å²) >= 11 is 0. The largest absolute Gasteiger partial charge is 0.366 e. The van der Waals surface area contributed by atoms with E-state index in [0.29, 0.717) is 5.92 Å². The van der Waals surface area contributed by atoms with E-state index >= 15 is 0 Å². The maximum absolute atomic E-state index is 11.8. The molecule has 0 bridgehead atoms. The van der Waals surface area contributed by atoms with Gasteiger partial charge in [-0.15, -0.1) is 5.10 Å². The quantitative estimate of drug-likeness (QED) is 0.656. The highest BCUT2D eigenvalue weighted by atomic mass is 16.2. The minimum absolute atomic E-state index is 0.0591. The summed E-state index contributed by atoms with van der Waals surface area (Å²) in [6.45, 7) is 4.89. The molecule has 96 valence electrons. The molecule has 0 saturated heterocycles. The minimum Gasteiger partial charge on any atom is -0.366 e. The molecule has 7 heteroatoms. The number of nitrogens with two attached hydrogens (primary N) is 1. The molecule has 0 aromatic carbocycles. The first kappa shape index (κ1) is 13.4. The van der Waals surface area contributed by atoms with E-state index in [1.165, 1.54) is 0 Å². The minimum atomic E-state index is -0.283. The molecule has 1 atom stereocenters. The summed E-state index contributed by atoms with van der Waals surface area (Å²) in [7, 11) is 3.93. The zero-order valence-corrected chi connectivity index (χ0v) is 10.7. The van der Waals surface area contributed by atoms with E-state index in [0.717, 1.165) is 6.54 Å². The summed E-state index contributed by atoms with van der Waals surface area (Å²) in [5.41, 5.74) is 5.35. The van der Waals surface area contributed by atoms with Gasteiger partial charge in [0.1, 0.15) is 0 Å². The number of likely N-dealkylation sites (N-methyl/N-ethyl adjacent to an activating group) is 1. The molecule has 1 aromatic heterocycles. The van der Waals surface area contributed by atoms with Crippen LogP contribution in [0.4, 0.5) is 5.95 Å². The lowest BCUT2D eigenvalue weighted by Crippen LogP contribution is -2.45. The lowest BCUT2D eigenvalue weighted by Gasteiger charge is -2.25. The van der Waals surface area contributed by atoms with Crippen molar-refractivity contribution < 1.29 is 4.79 Å². The zero-order valence-electron chi connectivity index (χ0n) is 10.7. The summed E-state index contributed by atoms with van der Waals surface area (Å²) in [5.74, 6) is 0.270. The SMILES string of the molecule is CC(C)C(CN(C)C)NC(=O)c1nc(N)n[nH]1. The van der Waals surface area contributed by atoms with Gasteiger partial charge in [0, 0.05) is 12.6 Å². The number of hydrogen-bond donors (Lipinski definition) is 3. The Labute approximate surface area is 101 Å². The van der Waals surface area contributed by atoms with Gasteiger partial charge < -0.3 is 16.0 Å². The Balaban J connectivity index is 2.64. The maximum Gasteiger partial charge on any atom is 0.288 e. The second-order valence-electron chi connectivity index (χ2n) is 4.63. The number of carbonyl (C=O) groups excluding carboxylic acids is 1. The summed E-state index contributed by atoms with van der Waals surface area (Å²) in [6, 6.07) is 0.0591. The second-order valence-corrected chi connectivity index (χ2v) is 4.63. The van der Waals surface area contributed by atoms with Gasteiger partial charge in [0.2, 0.25) is 11.8 Å². The highest BCUT2D eigenvalue weighted by molar-refractivity contribution is 5.90. The number of anilines is 1. The molecule has 0 radical (unpaired) electrons. The van der Waals surface area contributed by atoms with Gasteiger partial charge in [-0.2, -0.15) is 4.98 Å². The van der Waals surface area contributed by atoms with Crippen molar-refractivity contribution in [2.75, 3.05) is 26.4 Å². The number of carbonyl (C=O) groups is 1. The van der Waals surface area contributed by atoms with Crippen LogP contribution in [0.15, 0.2) is 0 Å². The number of nitrogen functional groups attached to an aromatic ring is 1. The molecule has 0 spiro atoms. The van der Waals surface area contributed by atoms with Crippen LogP contribution in [0.5, 0.6) is 0 Å². The third-order valence-corrected chi connectivity index (χ3v) is 2.40. The molecule has 0 aliphatic heterocycles. The van der Waals surface area contributed by atoms with Crippen molar-refractivity contribution in [2.45, 2.75) is 19.9 Å². The zero-order chi connectivity index (χ0) is 13.0. The summed E-state index contributed by atoms with van der Waals surface area (Å²) in [6.07, 6.45) is 0. The van der Waals surface area contributed by atoms with Crippen molar-refractivity contribution in [2.24, 2.45) is 5.92 Å². The Kier molecular flexibility index (Phi) is 4.45. The number of H-pyrrole nitrogens is 1. The highest BCUT2D eigenvalue weighted by Crippen LogP contribution is 2.04.